The van der Waals surface area contributed by atoms with Crippen LogP contribution in [0.5, 0.6) is 34.5 Å². The monoisotopic (exact) mass is 1870 g/mol. The molecule has 6 heteroatoms. The van der Waals surface area contributed by atoms with Gasteiger partial charge in [0.2, 0.25) is 0 Å². The number of benzene rings is 20. The van der Waals surface area contributed by atoms with Gasteiger partial charge in [-0.1, -0.05) is 440 Å². The average Bonchev–Trinajstić information content (AvgIpc) is 1.56. The van der Waals surface area contributed by atoms with Crippen molar-refractivity contribution in [1.82, 2.24) is 0 Å². The minimum atomic E-state index is -0.270. The van der Waals surface area contributed by atoms with Gasteiger partial charge in [-0.15, -0.1) is 0 Å². The Bertz CT molecular complexity index is 7490. The van der Waals surface area contributed by atoms with Crippen LogP contribution in [-0.2, 0) is 32.5 Å². The quantitative estimate of drug-likeness (QED) is 0.0317. The normalized spacial score (nSPS) is 14.6. The summed E-state index contributed by atoms with van der Waals surface area (Å²) >= 11 is 0. The summed E-state index contributed by atoms with van der Waals surface area (Å²) in [5.41, 5.74) is 38.3. The fraction of sp³-hybridized carbons (Fsp3) is 0.159. The number of hydrogen-bond donors (Lipinski definition) is 6. The van der Waals surface area contributed by atoms with Gasteiger partial charge in [-0.05, 0) is 312 Å². The van der Waals surface area contributed by atoms with Gasteiger partial charge in [0.1, 0.15) is 34.5 Å². The van der Waals surface area contributed by atoms with E-state index in [0.717, 1.165) is 124 Å². The molecule has 6 nitrogen and oxygen atoms in total. The van der Waals surface area contributed by atoms with Crippen molar-refractivity contribution in [2.24, 2.45) is 0 Å². The van der Waals surface area contributed by atoms with Crippen LogP contribution in [0.1, 0.15) is 203 Å². The standard InChI is InChI=1S/C51H40O2.C44H38O2.C43H36O2/c52-40-26-22-34-30-38(24-20-36(34)32-40)50(46-16-6-2-12-42(46)43-13-3-7-17-47(43)50)28-10-1-11-29-51(39-25-21-37-33-41(53)27-23-35(37)31-39)48-18-8-4-14-44(48)45-15-5-9-19-49(45)51;45-33-25-21-31(22-26-33)43(39-17-7-3-13-35(39)36-14-4-8-18-40(36)43)29-11-1-2-12-30-44(32-23-27-34(46)28-24-32)41-19-9-5-15-37(41)38-16-6-10-20-42(38)44;44-32-24-20-30(21-25-32)42(38-16-6-2-12-34(38)35-13-3-7-17-39(35)42)28-10-1-11-29-43(31-22-26-33(45)27-23-31)40-18-8-4-14-36(40)37-15-5-9-19-41(37)43/h2-9,12-27,30-33,52-53H,1,10-11,28-29H2;3-10,13-28,45-46H,1-2,11-12,29-30H2;2-9,12-27,44-45H,1,10-11,28-29H2. The average molecular weight is 1870 g/mol. The van der Waals surface area contributed by atoms with Crippen molar-refractivity contribution in [1.29, 1.82) is 0 Å². The lowest BCUT2D eigenvalue weighted by molar-refractivity contribution is 0.467. The molecule has 0 bridgehead atoms. The molecule has 6 N–H and O–H groups in total. The summed E-state index contributed by atoms with van der Waals surface area (Å²) in [5, 5.41) is 65.5. The third kappa shape index (κ3) is 14.9. The maximum Gasteiger partial charge on any atom is 0.116 e. The van der Waals surface area contributed by atoms with Gasteiger partial charge in [-0.3, -0.25) is 0 Å². The number of rotatable bonds is 25. The predicted molar refractivity (Wildman–Crippen MR) is 588 cm³/mol. The summed E-state index contributed by atoms with van der Waals surface area (Å²) in [5.74, 6) is 1.79. The molecule has 0 unspecified atom stereocenters. The summed E-state index contributed by atoms with van der Waals surface area (Å²) in [4.78, 5) is 0. The highest BCUT2D eigenvalue weighted by Gasteiger charge is 2.51. The highest BCUT2D eigenvalue weighted by Crippen LogP contribution is 2.63. The molecule has 0 fully saturated rings. The molecule has 0 amide bonds. The van der Waals surface area contributed by atoms with Crippen molar-refractivity contribution in [2.75, 3.05) is 0 Å². The highest BCUT2D eigenvalue weighted by atomic mass is 16.3. The first-order valence-corrected chi connectivity index (χ1v) is 51.6. The van der Waals surface area contributed by atoms with Crippen molar-refractivity contribution in [3.63, 3.8) is 0 Å². The van der Waals surface area contributed by atoms with Gasteiger partial charge < -0.3 is 30.6 Å². The van der Waals surface area contributed by atoms with E-state index in [-0.39, 0.29) is 32.5 Å². The van der Waals surface area contributed by atoms with Crippen LogP contribution in [-0.4, -0.2) is 30.6 Å². The van der Waals surface area contributed by atoms with E-state index in [9.17, 15) is 30.6 Å². The van der Waals surface area contributed by atoms with Crippen LogP contribution in [0.4, 0.5) is 0 Å². The number of phenols is 6. The molecule has 0 heterocycles. The SMILES string of the molecule is Oc1ccc(C2(CCCCCC3(c4ccc(O)cc4)c4ccccc4-c4ccccc43)c3ccccc3-c3ccccc32)cc1.Oc1ccc(C2(CCCCCCC3(c4ccc(O)cc4)c4ccccc4-c4ccccc43)c3ccccc3-c3ccccc32)cc1.Oc1ccc2cc(C3(CCCCCC4(c5ccc6cc(O)ccc6c5)c5ccccc5-c5ccccc54)c4ccccc4-c4ccccc43)ccc2c1. The molecule has 0 spiro atoms. The first-order chi connectivity index (χ1) is 70.8. The molecule has 0 aliphatic heterocycles. The van der Waals surface area contributed by atoms with E-state index in [1.165, 1.54) is 167 Å². The minimum Gasteiger partial charge on any atom is -0.508 e. The van der Waals surface area contributed by atoms with E-state index in [1.54, 1.807) is 12.1 Å². The van der Waals surface area contributed by atoms with Gasteiger partial charge in [-0.2, -0.15) is 0 Å². The Morgan fingerprint density at radius 3 is 0.431 bits per heavy atom. The Morgan fingerprint density at radius 2 is 0.250 bits per heavy atom. The first kappa shape index (κ1) is 90.3. The number of phenolic OH excluding ortho intramolecular Hbond substituents is 6. The smallest absolute Gasteiger partial charge is 0.116 e. The number of hydrogen-bond acceptors (Lipinski definition) is 6. The molecule has 6 aliphatic rings. The molecule has 0 saturated carbocycles. The van der Waals surface area contributed by atoms with Crippen molar-refractivity contribution in [2.45, 2.75) is 135 Å². The Labute approximate surface area is 844 Å². The third-order valence-electron chi connectivity index (χ3n) is 33.5. The van der Waals surface area contributed by atoms with E-state index in [2.05, 4.69) is 376 Å². The van der Waals surface area contributed by atoms with Crippen molar-refractivity contribution < 1.29 is 30.6 Å². The zero-order chi connectivity index (χ0) is 97.1. The van der Waals surface area contributed by atoms with Crippen molar-refractivity contribution in [3.05, 3.63) is 561 Å². The first-order valence-electron chi connectivity index (χ1n) is 51.6. The second kappa shape index (κ2) is 37.3. The molecule has 0 saturated heterocycles. The van der Waals surface area contributed by atoms with Gasteiger partial charge in [-0.25, -0.2) is 0 Å². The molecular weight excluding hydrogens is 1750 g/mol. The molecule has 0 radical (unpaired) electrons. The number of unbranched alkanes of at least 4 members (excludes halogenated alkanes) is 7. The summed E-state index contributed by atoms with van der Waals surface area (Å²) < 4.78 is 0. The van der Waals surface area contributed by atoms with Gasteiger partial charge in [0.05, 0.1) is 0 Å². The summed E-state index contributed by atoms with van der Waals surface area (Å²) in [7, 11) is 0. The summed E-state index contributed by atoms with van der Waals surface area (Å²) in [6.07, 6.45) is 17.0. The largest absolute Gasteiger partial charge is 0.508 e. The highest BCUT2D eigenvalue weighted by molar-refractivity contribution is 5.93. The topological polar surface area (TPSA) is 121 Å². The fourth-order valence-electron chi connectivity index (χ4n) is 27.3. The van der Waals surface area contributed by atoms with Crippen LogP contribution in [0.2, 0.25) is 0 Å². The van der Waals surface area contributed by atoms with Crippen LogP contribution < -0.4 is 0 Å². The minimum absolute atomic E-state index is 0.239. The zero-order valence-electron chi connectivity index (χ0n) is 80.9. The van der Waals surface area contributed by atoms with Crippen LogP contribution in [0, 0.1) is 0 Å². The fourth-order valence-corrected chi connectivity index (χ4v) is 27.3. The zero-order valence-corrected chi connectivity index (χ0v) is 80.9. The lowest BCUT2D eigenvalue weighted by Gasteiger charge is -2.35. The van der Waals surface area contributed by atoms with Crippen LogP contribution in [0.3, 0.4) is 0 Å². The molecule has 0 aromatic heterocycles. The van der Waals surface area contributed by atoms with Crippen LogP contribution in [0.15, 0.2) is 461 Å². The number of aromatic hydroxyl groups is 6. The van der Waals surface area contributed by atoms with Gasteiger partial charge in [0, 0.05) is 32.5 Å². The van der Waals surface area contributed by atoms with E-state index < -0.39 is 0 Å². The van der Waals surface area contributed by atoms with Crippen LogP contribution in [0.25, 0.3) is 88.3 Å². The molecule has 702 valence electrons. The third-order valence-corrected chi connectivity index (χ3v) is 33.5. The Kier molecular flexibility index (Phi) is 23.4. The summed E-state index contributed by atoms with van der Waals surface area (Å²) in [6, 6.07) is 164. The van der Waals surface area contributed by atoms with Gasteiger partial charge >= 0.3 is 0 Å². The van der Waals surface area contributed by atoms with E-state index in [0.29, 0.717) is 34.5 Å². The number of fused-ring (bicyclic) bond motifs is 20. The molecule has 0 atom stereocenters. The van der Waals surface area contributed by atoms with Crippen LogP contribution >= 0.6 is 0 Å². The van der Waals surface area contributed by atoms with E-state index >= 15 is 0 Å². The van der Waals surface area contributed by atoms with E-state index in [1.807, 2.05) is 72.8 Å². The summed E-state index contributed by atoms with van der Waals surface area (Å²) in [6.45, 7) is 0. The van der Waals surface area contributed by atoms with Gasteiger partial charge in [0.15, 0.2) is 0 Å². The lowest BCUT2D eigenvalue weighted by atomic mass is 9.67. The molecule has 144 heavy (non-hydrogen) atoms. The molecule has 20 aromatic carbocycles. The Balaban J connectivity index is 0.000000117. The van der Waals surface area contributed by atoms with E-state index in [4.69, 9.17) is 0 Å². The predicted octanol–water partition coefficient (Wildman–Crippen LogP) is 33.8. The second-order valence-corrected chi connectivity index (χ2v) is 40.7. The lowest BCUT2D eigenvalue weighted by Crippen LogP contribution is -2.28. The molecule has 26 rings (SSSR count). The molecular formula is C138H114O6. The Hall–Kier alpha value is -16.3. The maximum atomic E-state index is 10.2. The van der Waals surface area contributed by atoms with Crippen molar-refractivity contribution >= 4 is 21.5 Å². The molecule has 6 aliphatic carbocycles. The maximum absolute atomic E-state index is 10.2. The second-order valence-electron chi connectivity index (χ2n) is 40.7. The van der Waals surface area contributed by atoms with Gasteiger partial charge in [0.25, 0.3) is 0 Å². The Morgan fingerprint density at radius 1 is 0.118 bits per heavy atom. The molecule has 20 aromatic rings. The van der Waals surface area contributed by atoms with Crippen molar-refractivity contribution in [3.8, 4) is 101 Å².